The van der Waals surface area contributed by atoms with Crippen molar-refractivity contribution in [1.29, 1.82) is 0 Å². The van der Waals surface area contributed by atoms with E-state index in [1.54, 1.807) is 13.8 Å². The third-order valence-electron chi connectivity index (χ3n) is 4.39. The zero-order valence-corrected chi connectivity index (χ0v) is 15.9. The average molecular weight is 486 g/mol. The number of hydrogen-bond donors (Lipinski definition) is 1. The minimum Gasteiger partial charge on any atom is -0.491 e. The summed E-state index contributed by atoms with van der Waals surface area (Å²) in [6, 6.07) is 5.08. The van der Waals surface area contributed by atoms with Crippen LogP contribution in [0.1, 0.15) is 19.4 Å². The van der Waals surface area contributed by atoms with Gasteiger partial charge in [-0.25, -0.2) is 9.82 Å². The number of amides is 1. The topological polar surface area (TPSA) is 50.7 Å². The molecule has 1 fully saturated rings. The van der Waals surface area contributed by atoms with Gasteiger partial charge < -0.3 is 4.74 Å². The smallest absolute Gasteiger partial charge is 0.384 e. The van der Waals surface area contributed by atoms with Crippen LogP contribution in [0.15, 0.2) is 29.4 Å². The first-order valence-corrected chi connectivity index (χ1v) is 8.47. The molecule has 0 aromatic heterocycles. The Kier molecular flexibility index (Phi) is 5.99. The molecule has 0 radical (unpaired) electrons. The fraction of sp³-hybridized carbons (Fsp3) is 0.529. The van der Waals surface area contributed by atoms with E-state index in [4.69, 9.17) is 4.74 Å². The molecule has 1 saturated carbocycles. The summed E-state index contributed by atoms with van der Waals surface area (Å²) in [5, 5.41) is 2.77. The highest BCUT2D eigenvalue weighted by molar-refractivity contribution is 5.90. The fourth-order valence-corrected chi connectivity index (χ4v) is 2.65. The number of nitrogens with one attached hydrogen (secondary N) is 1. The summed E-state index contributed by atoms with van der Waals surface area (Å²) in [5.41, 5.74) is -6.14. The molecule has 180 valence electrons. The van der Waals surface area contributed by atoms with Gasteiger partial charge in [-0.05, 0) is 43.7 Å². The van der Waals surface area contributed by atoms with Crippen LogP contribution >= 0.6 is 0 Å². The van der Waals surface area contributed by atoms with Crippen molar-refractivity contribution in [2.24, 2.45) is 5.10 Å². The summed E-state index contributed by atoms with van der Waals surface area (Å²) in [7, 11) is 0. The fourth-order valence-electron chi connectivity index (χ4n) is 2.65. The van der Waals surface area contributed by atoms with E-state index in [1.165, 1.54) is 24.3 Å². The second-order valence-corrected chi connectivity index (χ2v) is 6.97. The Labute approximate surface area is 172 Å². The van der Waals surface area contributed by atoms with Crippen molar-refractivity contribution in [3.05, 3.63) is 29.8 Å². The summed E-state index contributed by atoms with van der Waals surface area (Å²) < 4.78 is 155. The number of alkyl halides is 11. The molecule has 0 unspecified atom stereocenters. The Morgan fingerprint density at radius 3 is 1.62 bits per heavy atom. The van der Waals surface area contributed by atoms with Gasteiger partial charge in [-0.1, -0.05) is 0 Å². The molecule has 32 heavy (non-hydrogen) atoms. The molecule has 1 aromatic rings. The molecule has 1 aliphatic rings. The SMILES string of the molecule is CC(C)Oc1ccc(C=NNC(=O)C2(F)C(F)(F)C(F)(F)C(F)(F)C(F)(F)C2(F)F)cc1. The summed E-state index contributed by atoms with van der Waals surface area (Å²) in [5.74, 6) is -39.8. The van der Waals surface area contributed by atoms with Gasteiger partial charge in [0.2, 0.25) is 0 Å². The monoisotopic (exact) mass is 486 g/mol. The Bertz CT molecular complexity index is 868. The van der Waals surface area contributed by atoms with Crippen LogP contribution in [0.5, 0.6) is 5.75 Å². The molecule has 0 aliphatic heterocycles. The molecule has 1 amide bonds. The summed E-state index contributed by atoms with van der Waals surface area (Å²) in [6.45, 7) is 3.38. The molecular weight excluding hydrogens is 473 g/mol. The number of hydrogen-bond acceptors (Lipinski definition) is 3. The molecule has 0 saturated heterocycles. The van der Waals surface area contributed by atoms with Crippen molar-refractivity contribution in [2.45, 2.75) is 55.2 Å². The van der Waals surface area contributed by atoms with E-state index in [2.05, 4.69) is 5.10 Å². The van der Waals surface area contributed by atoms with Gasteiger partial charge in [-0.15, -0.1) is 0 Å². The van der Waals surface area contributed by atoms with Gasteiger partial charge in [0.25, 0.3) is 5.91 Å². The van der Waals surface area contributed by atoms with Gasteiger partial charge in [0.1, 0.15) is 5.75 Å². The second kappa shape index (κ2) is 7.47. The normalized spacial score (nSPS) is 24.3. The molecule has 0 atom stereocenters. The Hall–Kier alpha value is -2.61. The first-order valence-electron chi connectivity index (χ1n) is 8.47. The van der Waals surface area contributed by atoms with Crippen LogP contribution in [0.4, 0.5) is 48.3 Å². The maximum absolute atomic E-state index is 14.5. The third kappa shape index (κ3) is 3.18. The predicted molar refractivity (Wildman–Crippen MR) is 86.5 cm³/mol. The van der Waals surface area contributed by atoms with E-state index in [-0.39, 0.29) is 11.7 Å². The summed E-state index contributed by atoms with van der Waals surface area (Å²) in [6.07, 6.45) is 0.293. The molecule has 0 spiro atoms. The van der Waals surface area contributed by atoms with E-state index >= 15 is 0 Å². The van der Waals surface area contributed by atoms with E-state index in [9.17, 15) is 53.1 Å². The molecule has 15 heteroatoms. The molecule has 0 heterocycles. The van der Waals surface area contributed by atoms with Crippen LogP contribution in [-0.2, 0) is 4.79 Å². The minimum absolute atomic E-state index is 0.00123. The predicted octanol–water partition coefficient (Wildman–Crippen LogP) is 4.82. The number of nitrogens with zero attached hydrogens (tertiary/aromatic N) is 1. The van der Waals surface area contributed by atoms with Crippen LogP contribution in [0.2, 0.25) is 0 Å². The maximum Gasteiger partial charge on any atom is 0.384 e. The lowest BCUT2D eigenvalue weighted by Gasteiger charge is -2.51. The largest absolute Gasteiger partial charge is 0.491 e. The van der Waals surface area contributed by atoms with Gasteiger partial charge >= 0.3 is 35.3 Å². The minimum atomic E-state index is -7.40. The number of halogens is 11. The Morgan fingerprint density at radius 2 is 1.22 bits per heavy atom. The quantitative estimate of drug-likeness (QED) is 0.369. The number of carbonyl (C=O) groups is 1. The summed E-state index contributed by atoms with van der Waals surface area (Å²) >= 11 is 0. The van der Waals surface area contributed by atoms with E-state index in [1.807, 2.05) is 0 Å². The summed E-state index contributed by atoms with van der Waals surface area (Å²) in [4.78, 5) is 11.6. The zero-order valence-electron chi connectivity index (χ0n) is 15.9. The molecule has 0 bridgehead atoms. The van der Waals surface area contributed by atoms with Gasteiger partial charge in [-0.3, -0.25) is 4.79 Å². The first kappa shape index (κ1) is 25.6. The van der Waals surface area contributed by atoms with Gasteiger partial charge in [0.15, 0.2) is 0 Å². The standard InChI is InChI=1S/C17H13F11N2O2/c1-8(2)32-10-5-3-9(4-6-10)7-29-30-11(31)12(18)13(19,20)15(23,24)17(27,28)16(25,26)14(12,21)22/h3-8H,1-2H3,(H,30,31). The lowest BCUT2D eigenvalue weighted by molar-refractivity contribution is -0.476. The lowest BCUT2D eigenvalue weighted by atomic mass is 9.72. The van der Waals surface area contributed by atoms with Crippen LogP contribution in [0, 0.1) is 0 Å². The van der Waals surface area contributed by atoms with Gasteiger partial charge in [0, 0.05) is 0 Å². The lowest BCUT2D eigenvalue weighted by Crippen LogP contribution is -2.86. The highest BCUT2D eigenvalue weighted by atomic mass is 19.4. The Balaban J connectivity index is 2.37. The van der Waals surface area contributed by atoms with Crippen molar-refractivity contribution in [1.82, 2.24) is 5.43 Å². The van der Waals surface area contributed by atoms with Gasteiger partial charge in [-0.2, -0.15) is 49.0 Å². The first-order chi connectivity index (χ1) is 14.3. The van der Waals surface area contributed by atoms with Crippen LogP contribution in [0.25, 0.3) is 0 Å². The average Bonchev–Trinajstić information content (AvgIpc) is 2.66. The number of benzene rings is 1. The molecule has 4 nitrogen and oxygen atoms in total. The highest BCUT2D eigenvalue weighted by Gasteiger charge is 3.02. The van der Waals surface area contributed by atoms with Crippen molar-refractivity contribution in [2.75, 3.05) is 0 Å². The molecule has 1 aromatic carbocycles. The van der Waals surface area contributed by atoms with Gasteiger partial charge in [0.05, 0.1) is 12.3 Å². The van der Waals surface area contributed by atoms with Crippen LogP contribution in [-0.4, -0.2) is 53.5 Å². The van der Waals surface area contributed by atoms with Crippen molar-refractivity contribution in [3.63, 3.8) is 0 Å². The number of ether oxygens (including phenoxy) is 1. The van der Waals surface area contributed by atoms with E-state index in [0.717, 1.165) is 0 Å². The second-order valence-electron chi connectivity index (χ2n) is 6.97. The van der Waals surface area contributed by atoms with Crippen LogP contribution in [0.3, 0.4) is 0 Å². The van der Waals surface area contributed by atoms with Crippen LogP contribution < -0.4 is 10.2 Å². The Morgan fingerprint density at radius 1 is 0.812 bits per heavy atom. The maximum atomic E-state index is 14.5. The van der Waals surface area contributed by atoms with Crippen molar-refractivity contribution < 1.29 is 57.8 Å². The molecule has 1 aliphatic carbocycles. The molecule has 2 rings (SSSR count). The van der Waals surface area contributed by atoms with E-state index < -0.39 is 41.2 Å². The number of hydrazone groups is 1. The molecule has 1 N–H and O–H groups in total. The van der Waals surface area contributed by atoms with Crippen molar-refractivity contribution in [3.8, 4) is 5.75 Å². The van der Waals surface area contributed by atoms with Crippen molar-refractivity contribution >= 4 is 12.1 Å². The number of rotatable bonds is 5. The molecular formula is C17H13F11N2O2. The highest BCUT2D eigenvalue weighted by Crippen LogP contribution is 2.69. The number of carbonyl (C=O) groups excluding carboxylic acids is 1. The third-order valence-corrected chi connectivity index (χ3v) is 4.39. The van der Waals surface area contributed by atoms with E-state index in [0.29, 0.717) is 17.4 Å². The zero-order chi connectivity index (χ0) is 25.0.